The molecular formula is C51H35NO2. The fraction of sp³-hybridized carbons (Fsp3) is 0.0588. The first-order chi connectivity index (χ1) is 26.5. The largest absolute Gasteiger partial charge is 0.456 e. The summed E-state index contributed by atoms with van der Waals surface area (Å²) in [6.45, 7) is 4.68. The van der Waals surface area contributed by atoms with Crippen LogP contribution in [0.15, 0.2) is 185 Å². The third-order valence-electron chi connectivity index (χ3n) is 11.5. The molecule has 0 amide bonds. The number of rotatable bonds is 5. The van der Waals surface area contributed by atoms with Gasteiger partial charge in [0.05, 0.1) is 0 Å². The number of fused-ring (bicyclic) bond motifs is 9. The van der Waals surface area contributed by atoms with E-state index in [-0.39, 0.29) is 5.41 Å². The van der Waals surface area contributed by atoms with Crippen molar-refractivity contribution in [3.8, 4) is 33.4 Å². The third-order valence-corrected chi connectivity index (χ3v) is 11.5. The van der Waals surface area contributed by atoms with Gasteiger partial charge in [-0.15, -0.1) is 0 Å². The summed E-state index contributed by atoms with van der Waals surface area (Å²) in [7, 11) is 0. The lowest BCUT2D eigenvalue weighted by molar-refractivity contribution is 0.660. The molecule has 0 saturated carbocycles. The molecular weight excluding hydrogens is 659 g/mol. The van der Waals surface area contributed by atoms with E-state index in [1.807, 2.05) is 6.07 Å². The number of nitrogens with zero attached hydrogens (tertiary/aromatic N) is 1. The molecule has 1 aliphatic rings. The van der Waals surface area contributed by atoms with Crippen LogP contribution in [-0.2, 0) is 5.41 Å². The maximum atomic E-state index is 6.67. The second-order valence-electron chi connectivity index (χ2n) is 14.9. The quantitative estimate of drug-likeness (QED) is 0.180. The van der Waals surface area contributed by atoms with Crippen molar-refractivity contribution in [1.82, 2.24) is 0 Å². The minimum Gasteiger partial charge on any atom is -0.456 e. The Balaban J connectivity index is 1.08. The SMILES string of the molecule is CC1(C)c2ccccc2-c2ccc(N(c3ccc(-c4ccccc4)cc3)c3ccc4oc5cc6c(cc5c4c3)oc3c(-c4ccccc4)cccc36)cc21. The highest BCUT2D eigenvalue weighted by atomic mass is 16.3. The molecule has 2 heterocycles. The van der Waals surface area contributed by atoms with Gasteiger partial charge in [0.1, 0.15) is 22.3 Å². The Bertz CT molecular complexity index is 3060. The Hall–Kier alpha value is -6.84. The lowest BCUT2D eigenvalue weighted by Crippen LogP contribution is -2.16. The first-order valence-electron chi connectivity index (χ1n) is 18.6. The van der Waals surface area contributed by atoms with Crippen LogP contribution in [0.25, 0.3) is 77.3 Å². The molecule has 2 aromatic heterocycles. The molecule has 3 heteroatoms. The van der Waals surface area contributed by atoms with Crippen LogP contribution in [0, 0.1) is 0 Å². The fourth-order valence-corrected chi connectivity index (χ4v) is 8.75. The normalized spacial score (nSPS) is 13.1. The molecule has 0 spiro atoms. The fourth-order valence-electron chi connectivity index (χ4n) is 8.75. The van der Waals surface area contributed by atoms with Crippen molar-refractivity contribution in [1.29, 1.82) is 0 Å². The van der Waals surface area contributed by atoms with Gasteiger partial charge in [-0.1, -0.05) is 135 Å². The second kappa shape index (κ2) is 11.6. The summed E-state index contributed by atoms with van der Waals surface area (Å²) < 4.78 is 13.2. The second-order valence-corrected chi connectivity index (χ2v) is 14.9. The number of para-hydroxylation sites is 1. The van der Waals surface area contributed by atoms with Crippen molar-refractivity contribution in [3.05, 3.63) is 187 Å². The van der Waals surface area contributed by atoms with E-state index in [4.69, 9.17) is 8.83 Å². The minimum atomic E-state index is -0.117. The van der Waals surface area contributed by atoms with Crippen LogP contribution in [0.1, 0.15) is 25.0 Å². The molecule has 54 heavy (non-hydrogen) atoms. The zero-order valence-electron chi connectivity index (χ0n) is 30.0. The van der Waals surface area contributed by atoms with Crippen molar-refractivity contribution in [2.75, 3.05) is 4.90 Å². The molecule has 0 saturated heterocycles. The molecule has 11 rings (SSSR count). The smallest absolute Gasteiger partial charge is 0.143 e. The number of hydrogen-bond acceptors (Lipinski definition) is 3. The maximum Gasteiger partial charge on any atom is 0.143 e. The van der Waals surface area contributed by atoms with Gasteiger partial charge in [0.2, 0.25) is 0 Å². The predicted octanol–water partition coefficient (Wildman–Crippen LogP) is 14.6. The van der Waals surface area contributed by atoms with E-state index in [2.05, 4.69) is 189 Å². The van der Waals surface area contributed by atoms with Gasteiger partial charge in [-0.25, -0.2) is 0 Å². The van der Waals surface area contributed by atoms with E-state index in [9.17, 15) is 0 Å². The average molecular weight is 694 g/mol. The monoisotopic (exact) mass is 693 g/mol. The van der Waals surface area contributed by atoms with Crippen molar-refractivity contribution in [2.45, 2.75) is 19.3 Å². The number of hydrogen-bond donors (Lipinski definition) is 0. The first kappa shape index (κ1) is 30.8. The average Bonchev–Trinajstić information content (AvgIpc) is 3.84. The Kier molecular flexibility index (Phi) is 6.60. The Morgan fingerprint density at radius 3 is 1.74 bits per heavy atom. The van der Waals surface area contributed by atoms with Crippen LogP contribution >= 0.6 is 0 Å². The highest BCUT2D eigenvalue weighted by Gasteiger charge is 2.35. The van der Waals surface area contributed by atoms with E-state index in [0.717, 1.165) is 72.1 Å². The molecule has 0 unspecified atom stereocenters. The van der Waals surface area contributed by atoms with E-state index in [0.29, 0.717) is 0 Å². The molecule has 1 aliphatic carbocycles. The number of benzene rings is 8. The summed E-state index contributed by atoms with van der Waals surface area (Å²) in [6, 6.07) is 62.9. The first-order valence-corrected chi connectivity index (χ1v) is 18.6. The topological polar surface area (TPSA) is 29.5 Å². The molecule has 256 valence electrons. The van der Waals surface area contributed by atoms with Crippen LogP contribution in [-0.4, -0.2) is 0 Å². The molecule has 0 N–H and O–H groups in total. The van der Waals surface area contributed by atoms with E-state index >= 15 is 0 Å². The van der Waals surface area contributed by atoms with Gasteiger partial charge >= 0.3 is 0 Å². The predicted molar refractivity (Wildman–Crippen MR) is 224 cm³/mol. The van der Waals surface area contributed by atoms with E-state index < -0.39 is 0 Å². The summed E-state index contributed by atoms with van der Waals surface area (Å²) in [5, 5.41) is 4.22. The van der Waals surface area contributed by atoms with Crippen molar-refractivity contribution < 1.29 is 8.83 Å². The standard InChI is InChI=1S/C51H35NO2/c1-51(2)45-19-10-9-16-39(45)40-26-24-37(29-46(40)51)52(35-22-20-33(21-23-35)32-12-5-3-6-13-32)36-25-27-47-42(28-36)44-31-49-43(30-48(44)53-47)41-18-11-17-38(50(41)54-49)34-14-7-4-8-15-34/h3-31H,1-2H3. The molecule has 10 aromatic rings. The maximum absolute atomic E-state index is 6.67. The van der Waals surface area contributed by atoms with Gasteiger partial charge in [0.25, 0.3) is 0 Å². The summed E-state index contributed by atoms with van der Waals surface area (Å²) >= 11 is 0. The van der Waals surface area contributed by atoms with Gasteiger partial charge in [0, 0.05) is 49.6 Å². The van der Waals surface area contributed by atoms with E-state index in [1.165, 1.54) is 33.4 Å². The van der Waals surface area contributed by atoms with Crippen LogP contribution in [0.3, 0.4) is 0 Å². The summed E-state index contributed by atoms with van der Waals surface area (Å²) in [6.07, 6.45) is 0. The third kappa shape index (κ3) is 4.61. The zero-order valence-corrected chi connectivity index (χ0v) is 30.0. The highest BCUT2D eigenvalue weighted by Crippen LogP contribution is 2.51. The van der Waals surface area contributed by atoms with Crippen LogP contribution < -0.4 is 4.90 Å². The summed E-state index contributed by atoms with van der Waals surface area (Å²) in [5.41, 5.74) is 16.5. The van der Waals surface area contributed by atoms with Gasteiger partial charge in [-0.3, -0.25) is 0 Å². The summed E-state index contributed by atoms with van der Waals surface area (Å²) in [4.78, 5) is 2.37. The minimum absolute atomic E-state index is 0.117. The lowest BCUT2D eigenvalue weighted by Gasteiger charge is -2.28. The van der Waals surface area contributed by atoms with Gasteiger partial charge < -0.3 is 13.7 Å². The molecule has 0 aliphatic heterocycles. The molecule has 0 bridgehead atoms. The molecule has 0 fully saturated rings. The zero-order chi connectivity index (χ0) is 36.0. The molecule has 3 nitrogen and oxygen atoms in total. The van der Waals surface area contributed by atoms with Crippen LogP contribution in [0.2, 0.25) is 0 Å². The van der Waals surface area contributed by atoms with Crippen LogP contribution in [0.4, 0.5) is 17.1 Å². The van der Waals surface area contributed by atoms with Gasteiger partial charge in [-0.05, 0) is 93.5 Å². The number of anilines is 3. The molecule has 0 radical (unpaired) electrons. The summed E-state index contributed by atoms with van der Waals surface area (Å²) in [5.74, 6) is 0. The van der Waals surface area contributed by atoms with Gasteiger partial charge in [0.15, 0.2) is 0 Å². The Labute approximate surface area is 313 Å². The highest BCUT2D eigenvalue weighted by molar-refractivity contribution is 6.17. The Morgan fingerprint density at radius 1 is 0.370 bits per heavy atom. The van der Waals surface area contributed by atoms with Gasteiger partial charge in [-0.2, -0.15) is 0 Å². The van der Waals surface area contributed by atoms with E-state index in [1.54, 1.807) is 0 Å². The number of furan rings is 2. The van der Waals surface area contributed by atoms with Crippen molar-refractivity contribution >= 4 is 60.9 Å². The van der Waals surface area contributed by atoms with Crippen LogP contribution in [0.5, 0.6) is 0 Å². The lowest BCUT2D eigenvalue weighted by atomic mass is 9.82. The molecule has 0 atom stereocenters. The van der Waals surface area contributed by atoms with Crippen molar-refractivity contribution in [3.63, 3.8) is 0 Å². The Morgan fingerprint density at radius 2 is 0.944 bits per heavy atom. The van der Waals surface area contributed by atoms with Crippen molar-refractivity contribution in [2.24, 2.45) is 0 Å². The molecule has 8 aromatic carbocycles.